The van der Waals surface area contributed by atoms with Crippen LogP contribution in [0.15, 0.2) is 46.0 Å². The number of carbonyl (C=O) groups is 1. The van der Waals surface area contributed by atoms with Gasteiger partial charge < -0.3 is 14.7 Å². The molecule has 0 spiro atoms. The van der Waals surface area contributed by atoms with E-state index < -0.39 is 10.0 Å². The molecule has 1 aromatic heterocycles. The molecule has 1 N–H and O–H groups in total. The minimum atomic E-state index is -3.54. The van der Waals surface area contributed by atoms with Gasteiger partial charge >= 0.3 is 0 Å². The second-order valence-corrected chi connectivity index (χ2v) is 11.8. The van der Waals surface area contributed by atoms with Crippen molar-refractivity contribution in [1.82, 2.24) is 9.21 Å². The maximum absolute atomic E-state index is 13.2. The normalized spacial score (nSPS) is 27.6. The van der Waals surface area contributed by atoms with E-state index in [2.05, 4.69) is 9.80 Å². The second-order valence-electron chi connectivity index (χ2n) is 8.65. The van der Waals surface area contributed by atoms with E-state index >= 15 is 0 Å². The van der Waals surface area contributed by atoms with Gasteiger partial charge in [0.15, 0.2) is 0 Å². The zero-order valence-electron chi connectivity index (χ0n) is 17.7. The van der Waals surface area contributed by atoms with E-state index in [1.54, 1.807) is 34.0 Å². The summed E-state index contributed by atoms with van der Waals surface area (Å²) in [6.45, 7) is 3.04. The van der Waals surface area contributed by atoms with Crippen molar-refractivity contribution in [3.63, 3.8) is 0 Å². The Labute approximate surface area is 192 Å². The van der Waals surface area contributed by atoms with Crippen molar-refractivity contribution >= 4 is 32.8 Å². The number of piperidine rings is 1. The summed E-state index contributed by atoms with van der Waals surface area (Å²) < 4.78 is 34.1. The van der Waals surface area contributed by atoms with E-state index in [0.29, 0.717) is 56.4 Å². The largest absolute Gasteiger partial charge is 0.508 e. The standard InChI is InChI=1S/C22H27N3O5S2/c26-20-5-3-16(4-6-20)24-8-7-23(32(28,29)22-2-1-9-31-22)12-19(24)13-25-17-10-21(27)11-18(25)15-30-14-17/h1-6,9,17-19,26H,7-8,10-15H2/t17-,18+,19-/m1/s1. The Balaban J connectivity index is 1.42. The van der Waals surface area contributed by atoms with E-state index in [4.69, 9.17) is 4.74 Å². The summed E-state index contributed by atoms with van der Waals surface area (Å²) in [6, 6.07) is 10.5. The van der Waals surface area contributed by atoms with Crippen molar-refractivity contribution in [2.75, 3.05) is 44.3 Å². The van der Waals surface area contributed by atoms with Gasteiger partial charge in [0.25, 0.3) is 10.0 Å². The van der Waals surface area contributed by atoms with E-state index in [1.165, 1.54) is 11.3 Å². The zero-order chi connectivity index (χ0) is 22.3. The number of hydrogen-bond acceptors (Lipinski definition) is 8. The smallest absolute Gasteiger partial charge is 0.252 e. The highest BCUT2D eigenvalue weighted by Gasteiger charge is 2.42. The third-order valence-electron chi connectivity index (χ3n) is 6.62. The average Bonchev–Trinajstić information content (AvgIpc) is 3.31. The molecular formula is C22H27N3O5S2. The molecule has 0 aliphatic carbocycles. The van der Waals surface area contributed by atoms with E-state index in [0.717, 1.165) is 5.69 Å². The first-order valence-corrected chi connectivity index (χ1v) is 13.2. The second kappa shape index (κ2) is 8.75. The number of fused-ring (bicyclic) bond motifs is 2. The van der Waals surface area contributed by atoms with Crippen molar-refractivity contribution in [3.8, 4) is 5.75 Å². The molecule has 32 heavy (non-hydrogen) atoms. The number of rotatable bonds is 5. The highest BCUT2D eigenvalue weighted by Crippen LogP contribution is 2.31. The Morgan fingerprint density at radius 3 is 2.44 bits per heavy atom. The molecule has 3 saturated heterocycles. The number of ketones is 1. The minimum Gasteiger partial charge on any atom is -0.508 e. The minimum absolute atomic E-state index is 0.0425. The summed E-state index contributed by atoms with van der Waals surface area (Å²) in [7, 11) is -3.54. The van der Waals surface area contributed by atoms with Crippen LogP contribution >= 0.6 is 11.3 Å². The number of sulfonamides is 1. The summed E-state index contributed by atoms with van der Waals surface area (Å²) in [5.41, 5.74) is 0.954. The van der Waals surface area contributed by atoms with Crippen molar-refractivity contribution in [3.05, 3.63) is 41.8 Å². The first-order valence-electron chi connectivity index (χ1n) is 10.9. The van der Waals surface area contributed by atoms with Gasteiger partial charge in [-0.05, 0) is 35.7 Å². The fourth-order valence-electron chi connectivity index (χ4n) is 5.06. The molecule has 3 aliphatic rings. The van der Waals surface area contributed by atoms with Crippen LogP contribution < -0.4 is 4.90 Å². The molecule has 3 aliphatic heterocycles. The number of phenols is 1. The number of carbonyl (C=O) groups excluding carboxylic acids is 1. The molecule has 3 atom stereocenters. The highest BCUT2D eigenvalue weighted by molar-refractivity contribution is 7.91. The summed E-state index contributed by atoms with van der Waals surface area (Å²) >= 11 is 1.24. The monoisotopic (exact) mass is 477 g/mol. The molecule has 0 saturated carbocycles. The number of phenolic OH excluding ortho intramolecular Hbond substituents is 1. The molecule has 2 aromatic rings. The predicted octanol–water partition coefficient (Wildman–Crippen LogP) is 1.77. The first kappa shape index (κ1) is 21.8. The highest BCUT2D eigenvalue weighted by atomic mass is 32.2. The Bertz CT molecular complexity index is 1040. The summed E-state index contributed by atoms with van der Waals surface area (Å²) in [4.78, 5) is 16.7. The van der Waals surface area contributed by atoms with Crippen molar-refractivity contribution in [1.29, 1.82) is 0 Å². The Morgan fingerprint density at radius 1 is 1.06 bits per heavy atom. The summed E-state index contributed by atoms with van der Waals surface area (Å²) in [5.74, 6) is 0.478. The van der Waals surface area contributed by atoms with Crippen molar-refractivity contribution in [2.24, 2.45) is 0 Å². The third-order valence-corrected chi connectivity index (χ3v) is 9.86. The molecule has 0 amide bonds. The molecule has 172 valence electrons. The van der Waals surface area contributed by atoms with Crippen LogP contribution in [0, 0.1) is 0 Å². The molecule has 8 nitrogen and oxygen atoms in total. The fraction of sp³-hybridized carbons (Fsp3) is 0.500. The van der Waals surface area contributed by atoms with Crippen LogP contribution in [0.4, 0.5) is 5.69 Å². The van der Waals surface area contributed by atoms with Gasteiger partial charge in [-0.2, -0.15) is 4.31 Å². The van der Waals surface area contributed by atoms with Crippen LogP contribution in [0.2, 0.25) is 0 Å². The Kier molecular flexibility index (Phi) is 5.98. The lowest BCUT2D eigenvalue weighted by Gasteiger charge is -2.50. The Hall–Kier alpha value is -1.98. The predicted molar refractivity (Wildman–Crippen MR) is 122 cm³/mol. The first-order chi connectivity index (χ1) is 15.4. The van der Waals surface area contributed by atoms with Crippen LogP contribution in [0.1, 0.15) is 12.8 Å². The molecule has 5 rings (SSSR count). The van der Waals surface area contributed by atoms with E-state index in [1.807, 2.05) is 12.1 Å². The lowest BCUT2D eigenvalue weighted by atomic mass is 9.92. The number of benzene rings is 1. The SMILES string of the molecule is O=C1C[C@H]2COC[C@@H](C1)N2C[C@H]1CN(S(=O)(=O)c2cccs2)CCN1c1ccc(O)cc1. The van der Waals surface area contributed by atoms with Crippen LogP contribution in [-0.2, 0) is 19.6 Å². The summed E-state index contributed by atoms with van der Waals surface area (Å²) in [5, 5.41) is 11.5. The molecule has 1 aromatic carbocycles. The zero-order valence-corrected chi connectivity index (χ0v) is 19.3. The van der Waals surface area contributed by atoms with Gasteiger partial charge in [-0.1, -0.05) is 6.07 Å². The van der Waals surface area contributed by atoms with Gasteiger partial charge in [-0.3, -0.25) is 9.69 Å². The van der Waals surface area contributed by atoms with Gasteiger partial charge in [0, 0.05) is 56.8 Å². The van der Waals surface area contributed by atoms with Gasteiger partial charge in [0.2, 0.25) is 0 Å². The topological polar surface area (TPSA) is 90.4 Å². The Morgan fingerprint density at radius 2 is 1.78 bits per heavy atom. The molecule has 0 radical (unpaired) electrons. The lowest BCUT2D eigenvalue weighted by Crippen LogP contribution is -2.64. The average molecular weight is 478 g/mol. The molecule has 10 heteroatoms. The number of ether oxygens (including phenoxy) is 1. The summed E-state index contributed by atoms with van der Waals surface area (Å²) in [6.07, 6.45) is 0.972. The van der Waals surface area contributed by atoms with Crippen LogP contribution in [0.3, 0.4) is 0 Å². The van der Waals surface area contributed by atoms with Gasteiger partial charge in [-0.25, -0.2) is 8.42 Å². The maximum Gasteiger partial charge on any atom is 0.252 e. The number of aromatic hydroxyl groups is 1. The number of nitrogens with zero attached hydrogens (tertiary/aromatic N) is 3. The lowest BCUT2D eigenvalue weighted by molar-refractivity contribution is -0.136. The molecule has 3 fully saturated rings. The molecule has 4 heterocycles. The van der Waals surface area contributed by atoms with Gasteiger partial charge in [0.1, 0.15) is 15.7 Å². The van der Waals surface area contributed by atoms with Crippen LogP contribution in [0.25, 0.3) is 0 Å². The van der Waals surface area contributed by atoms with Gasteiger partial charge in [0.05, 0.1) is 19.3 Å². The molecule has 0 unspecified atom stereocenters. The fourth-order valence-corrected chi connectivity index (χ4v) is 7.67. The number of Topliss-reactive ketones (excluding diaryl/α,β-unsaturated/α-hetero) is 1. The molecular weight excluding hydrogens is 450 g/mol. The van der Waals surface area contributed by atoms with Crippen LogP contribution in [-0.4, -0.2) is 86.0 Å². The number of morpholine rings is 1. The van der Waals surface area contributed by atoms with Crippen LogP contribution in [0.5, 0.6) is 5.75 Å². The number of thiophene rings is 1. The van der Waals surface area contributed by atoms with Crippen molar-refractivity contribution < 1.29 is 23.1 Å². The maximum atomic E-state index is 13.2. The van der Waals surface area contributed by atoms with E-state index in [-0.39, 0.29) is 29.7 Å². The number of piperazine rings is 1. The van der Waals surface area contributed by atoms with E-state index in [9.17, 15) is 18.3 Å². The quantitative estimate of drug-likeness (QED) is 0.702. The van der Waals surface area contributed by atoms with Gasteiger partial charge in [-0.15, -0.1) is 11.3 Å². The third kappa shape index (κ3) is 4.17. The number of hydrogen-bond donors (Lipinski definition) is 1. The molecule has 2 bridgehead atoms. The number of anilines is 1. The van der Waals surface area contributed by atoms with Crippen molar-refractivity contribution in [2.45, 2.75) is 35.2 Å².